The average molecular weight is 391 g/mol. The number of benzene rings is 2. The second-order valence-corrected chi connectivity index (χ2v) is 8.51. The van der Waals surface area contributed by atoms with E-state index in [2.05, 4.69) is 4.98 Å². The molecule has 0 unspecified atom stereocenters. The van der Waals surface area contributed by atoms with Crippen molar-refractivity contribution in [2.24, 2.45) is 0 Å². The zero-order chi connectivity index (χ0) is 18.3. The molecule has 1 aliphatic heterocycles. The van der Waals surface area contributed by atoms with Crippen LogP contribution in [0.5, 0.6) is 0 Å². The first-order valence-corrected chi connectivity index (χ1v) is 9.99. The Labute approximate surface area is 155 Å². The van der Waals surface area contributed by atoms with Gasteiger partial charge in [0.25, 0.3) is 0 Å². The molecule has 0 fully saturated rings. The van der Waals surface area contributed by atoms with Crippen molar-refractivity contribution < 1.29 is 12.8 Å². The lowest BCUT2D eigenvalue weighted by Gasteiger charge is -2.25. The minimum Gasteiger partial charge on any atom is -0.359 e. The number of fused-ring (bicyclic) bond motifs is 1. The average Bonchev–Trinajstić information content (AvgIpc) is 3.08. The van der Waals surface area contributed by atoms with E-state index in [0.717, 1.165) is 34.2 Å². The summed E-state index contributed by atoms with van der Waals surface area (Å²) in [6, 6.07) is 10.6. The van der Waals surface area contributed by atoms with Gasteiger partial charge in [-0.3, -0.25) is 0 Å². The lowest BCUT2D eigenvalue weighted by molar-refractivity contribution is 0.441. The molecule has 2 heterocycles. The summed E-state index contributed by atoms with van der Waals surface area (Å²) in [5.74, 6) is -0.456. The van der Waals surface area contributed by atoms with E-state index in [9.17, 15) is 12.8 Å². The number of hydrogen-bond donors (Lipinski definition) is 1. The van der Waals surface area contributed by atoms with Crippen molar-refractivity contribution in [1.82, 2.24) is 9.29 Å². The Kier molecular flexibility index (Phi) is 4.34. The molecule has 1 aromatic heterocycles. The summed E-state index contributed by atoms with van der Waals surface area (Å²) in [6.07, 6.45) is 4.43. The Hall–Kier alpha value is -2.15. The Balaban J connectivity index is 1.62. The predicted molar refractivity (Wildman–Crippen MR) is 101 cm³/mol. The number of aromatic nitrogens is 1. The molecule has 4 rings (SSSR count). The highest BCUT2D eigenvalue weighted by Crippen LogP contribution is 2.33. The van der Waals surface area contributed by atoms with E-state index in [0.29, 0.717) is 18.0 Å². The van der Waals surface area contributed by atoms with E-state index in [1.165, 1.54) is 16.4 Å². The molecule has 0 spiro atoms. The Morgan fingerprint density at radius 2 is 1.88 bits per heavy atom. The van der Waals surface area contributed by atoms with Gasteiger partial charge in [-0.15, -0.1) is 0 Å². The molecule has 1 aliphatic rings. The Morgan fingerprint density at radius 1 is 1.12 bits per heavy atom. The molecular weight excluding hydrogens is 375 g/mol. The summed E-state index contributed by atoms with van der Waals surface area (Å²) in [7, 11) is -3.63. The summed E-state index contributed by atoms with van der Waals surface area (Å²) < 4.78 is 39.9. The van der Waals surface area contributed by atoms with Crippen LogP contribution in [0.4, 0.5) is 4.39 Å². The molecule has 0 aliphatic carbocycles. The van der Waals surface area contributed by atoms with Crippen LogP contribution in [-0.2, 0) is 10.0 Å². The largest absolute Gasteiger partial charge is 0.359 e. The fourth-order valence-electron chi connectivity index (χ4n) is 3.25. The summed E-state index contributed by atoms with van der Waals surface area (Å²) in [4.78, 5) is 3.29. The molecule has 1 N–H and O–H groups in total. The first kappa shape index (κ1) is 17.3. The third kappa shape index (κ3) is 2.94. The molecule has 3 aromatic rings. The van der Waals surface area contributed by atoms with Crippen molar-refractivity contribution in [2.45, 2.75) is 11.3 Å². The van der Waals surface area contributed by atoms with Gasteiger partial charge in [0.1, 0.15) is 5.82 Å². The topological polar surface area (TPSA) is 53.2 Å². The van der Waals surface area contributed by atoms with Crippen LogP contribution in [0, 0.1) is 5.82 Å². The van der Waals surface area contributed by atoms with E-state index in [1.54, 1.807) is 0 Å². The highest BCUT2D eigenvalue weighted by atomic mass is 35.5. The summed E-state index contributed by atoms with van der Waals surface area (Å²) in [5.41, 5.74) is 3.01. The fraction of sp³-hybridized carbons (Fsp3) is 0.158. The van der Waals surface area contributed by atoms with Crippen LogP contribution in [0.1, 0.15) is 12.0 Å². The Bertz CT molecular complexity index is 1100. The number of sulfonamides is 1. The van der Waals surface area contributed by atoms with Gasteiger partial charge in [-0.25, -0.2) is 12.8 Å². The fourth-order valence-corrected chi connectivity index (χ4v) is 4.86. The molecule has 134 valence electrons. The van der Waals surface area contributed by atoms with Crippen LogP contribution in [0.3, 0.4) is 0 Å². The normalized spacial score (nSPS) is 16.0. The van der Waals surface area contributed by atoms with Gasteiger partial charge in [0.15, 0.2) is 0 Å². The number of para-hydroxylation sites is 1. The number of H-pyrrole nitrogens is 1. The second kappa shape index (κ2) is 6.54. The summed E-state index contributed by atoms with van der Waals surface area (Å²) >= 11 is 6.21. The lowest BCUT2D eigenvalue weighted by atomic mass is 10.00. The molecule has 26 heavy (non-hydrogen) atoms. The molecule has 0 saturated heterocycles. The molecule has 0 saturated carbocycles. The first-order valence-electron chi connectivity index (χ1n) is 8.17. The molecule has 0 bridgehead atoms. The monoisotopic (exact) mass is 390 g/mol. The smallest absolute Gasteiger partial charge is 0.243 e. The number of rotatable bonds is 3. The second-order valence-electron chi connectivity index (χ2n) is 6.16. The lowest BCUT2D eigenvalue weighted by Crippen LogP contribution is -2.34. The van der Waals surface area contributed by atoms with Gasteiger partial charge in [0.2, 0.25) is 10.0 Å². The third-order valence-corrected chi connectivity index (χ3v) is 6.83. The van der Waals surface area contributed by atoms with Gasteiger partial charge in [-0.2, -0.15) is 4.31 Å². The van der Waals surface area contributed by atoms with Gasteiger partial charge < -0.3 is 4.98 Å². The maximum Gasteiger partial charge on any atom is 0.243 e. The van der Waals surface area contributed by atoms with Crippen LogP contribution in [0.25, 0.3) is 16.5 Å². The highest BCUT2D eigenvalue weighted by molar-refractivity contribution is 7.89. The van der Waals surface area contributed by atoms with E-state index in [-0.39, 0.29) is 11.4 Å². The number of nitrogens with one attached hydrogen (secondary N) is 1. The Morgan fingerprint density at radius 3 is 2.58 bits per heavy atom. The van der Waals surface area contributed by atoms with Gasteiger partial charge >= 0.3 is 0 Å². The molecule has 4 nitrogen and oxygen atoms in total. The van der Waals surface area contributed by atoms with Crippen molar-refractivity contribution in [3.8, 4) is 0 Å². The number of halogens is 2. The van der Waals surface area contributed by atoms with E-state index in [1.807, 2.05) is 30.5 Å². The van der Waals surface area contributed by atoms with Crippen LogP contribution in [0.15, 0.2) is 59.6 Å². The minimum absolute atomic E-state index is 0.106. The van der Waals surface area contributed by atoms with Crippen molar-refractivity contribution in [3.05, 3.63) is 71.1 Å². The van der Waals surface area contributed by atoms with E-state index >= 15 is 0 Å². The van der Waals surface area contributed by atoms with Gasteiger partial charge in [-0.1, -0.05) is 29.8 Å². The van der Waals surface area contributed by atoms with Crippen LogP contribution in [-0.4, -0.2) is 30.8 Å². The maximum absolute atomic E-state index is 13.1. The van der Waals surface area contributed by atoms with Crippen LogP contribution >= 0.6 is 11.6 Å². The van der Waals surface area contributed by atoms with Crippen LogP contribution in [0.2, 0.25) is 5.02 Å². The maximum atomic E-state index is 13.1. The van der Waals surface area contributed by atoms with Gasteiger partial charge in [-0.05, 0) is 42.3 Å². The quantitative estimate of drug-likeness (QED) is 0.718. The standard InChI is InChI=1S/C19H16ClFN2O2S/c20-18-3-1-2-16-17(12-22-19(16)18)13-8-10-23(11-9-13)26(24,25)15-6-4-14(21)5-7-15/h1-8,12,22H,9-11H2. The zero-order valence-electron chi connectivity index (χ0n) is 13.7. The number of aromatic amines is 1. The van der Waals surface area contributed by atoms with Gasteiger partial charge in [0, 0.05) is 30.2 Å². The minimum atomic E-state index is -3.63. The third-order valence-electron chi connectivity index (χ3n) is 4.63. The molecule has 0 radical (unpaired) electrons. The highest BCUT2D eigenvalue weighted by Gasteiger charge is 2.27. The molecule has 7 heteroatoms. The van der Waals surface area contributed by atoms with Crippen molar-refractivity contribution in [2.75, 3.05) is 13.1 Å². The predicted octanol–water partition coefficient (Wildman–Crippen LogP) is 4.44. The first-order chi connectivity index (χ1) is 12.5. The zero-order valence-corrected chi connectivity index (χ0v) is 15.3. The molecule has 2 aromatic carbocycles. The number of hydrogen-bond acceptors (Lipinski definition) is 2. The van der Waals surface area contributed by atoms with Crippen molar-refractivity contribution in [3.63, 3.8) is 0 Å². The van der Waals surface area contributed by atoms with E-state index < -0.39 is 15.8 Å². The molecule has 0 atom stereocenters. The van der Waals surface area contributed by atoms with Crippen LogP contribution < -0.4 is 0 Å². The summed E-state index contributed by atoms with van der Waals surface area (Å²) in [5, 5.41) is 1.68. The SMILES string of the molecule is O=S(=O)(c1ccc(F)cc1)N1CC=C(c2c[nH]c3c(Cl)cccc23)CC1. The van der Waals surface area contributed by atoms with E-state index in [4.69, 9.17) is 11.6 Å². The van der Waals surface area contributed by atoms with Gasteiger partial charge in [0.05, 0.1) is 15.4 Å². The van der Waals surface area contributed by atoms with Crippen molar-refractivity contribution >= 4 is 38.1 Å². The molecular formula is C19H16ClFN2O2S. The number of nitrogens with zero attached hydrogens (tertiary/aromatic N) is 1. The van der Waals surface area contributed by atoms with Crippen molar-refractivity contribution in [1.29, 1.82) is 0 Å². The summed E-state index contributed by atoms with van der Waals surface area (Å²) in [6.45, 7) is 0.654. The molecule has 0 amide bonds.